The van der Waals surface area contributed by atoms with Gasteiger partial charge in [0.2, 0.25) is 5.91 Å². The van der Waals surface area contributed by atoms with Crippen LogP contribution in [-0.4, -0.2) is 278 Å². The van der Waals surface area contributed by atoms with E-state index in [1.165, 1.54) is 6.92 Å². The van der Waals surface area contributed by atoms with Gasteiger partial charge < -0.3 is 128 Å². The molecule has 21 N–H and O–H groups in total. The van der Waals surface area contributed by atoms with Crippen LogP contribution in [0.4, 0.5) is 0 Å². The third-order valence-corrected chi connectivity index (χ3v) is 14.1. The molecule has 0 bridgehead atoms. The second-order valence-electron chi connectivity index (χ2n) is 20.0. The lowest BCUT2D eigenvalue weighted by Gasteiger charge is -2.43. The number of nitrogens with two attached hydrogens (primary N) is 2. The Morgan fingerprint density at radius 1 is 0.446 bits per heavy atom. The molecule has 4 aliphatic rings. The second kappa shape index (κ2) is 46.9. The van der Waals surface area contributed by atoms with E-state index in [1.807, 2.05) is 7.05 Å². The van der Waals surface area contributed by atoms with Crippen LogP contribution in [0.1, 0.15) is 143 Å². The minimum absolute atomic E-state index is 0. The van der Waals surface area contributed by atoms with E-state index in [2.05, 4.69) is 21.3 Å². The molecule has 28 heteroatoms. The van der Waals surface area contributed by atoms with Crippen molar-refractivity contribution in [2.24, 2.45) is 11.5 Å². The molecule has 23 unspecified atom stereocenters. The highest BCUT2D eigenvalue weighted by Crippen LogP contribution is 2.28. The minimum atomic E-state index is -1.70. The topological polar surface area (TPSA) is 470 Å². The van der Waals surface area contributed by atoms with E-state index in [0.717, 1.165) is 32.1 Å². The number of hydrogen-bond donors (Lipinski definition) is 19. The SMILES string of the molecule is C.C.C.C.C.C.CCC1OC(OCC2OC(CNCCCCC(NC)C(=O)NC(CCCCN)C(C)=O)C(O)C(O)C2O)C(O)C(O)C1O.CCC1OC(OCC2OC(O)C(O)C(O)C2O)C(O)C(O)C1O.CNC(CCCCN)C(C)=O. The molecule has 4 rings (SSSR count). The summed E-state index contributed by atoms with van der Waals surface area (Å²) >= 11 is 0. The van der Waals surface area contributed by atoms with Crippen LogP contribution >= 0.6 is 0 Å². The van der Waals surface area contributed by atoms with Gasteiger partial charge in [-0.3, -0.25) is 14.4 Å². The number of carbonyl (C=O) groups is 3. The molecule has 0 aromatic heterocycles. The molecule has 0 spiro atoms. The van der Waals surface area contributed by atoms with Gasteiger partial charge in [-0.15, -0.1) is 0 Å². The van der Waals surface area contributed by atoms with E-state index in [4.69, 9.17) is 39.9 Å². The number of aliphatic hydroxyl groups is 13. The average Bonchev–Trinajstić information content (AvgIpc) is 3.41. The quantitative estimate of drug-likeness (QED) is 0.0327. The second-order valence-corrected chi connectivity index (χ2v) is 20.0. The zero-order chi connectivity index (χ0) is 58.1. The van der Waals surface area contributed by atoms with Crippen molar-refractivity contribution < 1.29 is 109 Å². The fourth-order valence-corrected chi connectivity index (χ4v) is 9.00. The first-order valence-electron chi connectivity index (χ1n) is 26.9. The van der Waals surface area contributed by atoms with Gasteiger partial charge in [0.25, 0.3) is 0 Å². The van der Waals surface area contributed by atoms with Crippen LogP contribution in [0.15, 0.2) is 0 Å². The first kappa shape index (κ1) is 89.6. The summed E-state index contributed by atoms with van der Waals surface area (Å²) in [7, 11) is 3.50. The lowest BCUT2D eigenvalue weighted by molar-refractivity contribution is -0.323. The van der Waals surface area contributed by atoms with E-state index >= 15 is 0 Å². The van der Waals surface area contributed by atoms with Crippen molar-refractivity contribution in [1.29, 1.82) is 0 Å². The molecule has 23 atom stereocenters. The Balaban J connectivity index is -0.000000426. The standard InChI is InChI=1S/C28H54N4O11.C13H24O10.C8H18N2O.6CH4/c1-4-18-21(34)25(38)26(39)28(43-18)41-14-20-23(36)24(37)22(35)19(42-20)13-31-12-8-6-10-17(30-3)27(40)32-16(15(2)33)9-5-7-11-29;1-2-4-6(14)9(17)11(19)13(23-4)21-3-5-7(15)8(16)10(18)12(20)22-5;1-7(11)8(10-2)5-3-4-6-9;;;;;;/h16-26,28,30-31,34-39H,4-14,29H2,1-3H3,(H,32,40);4-20H,2-3H2,1H3;8,10H,3-6,9H2,1-2H3;6*1H4. The molecule has 28 nitrogen and oxygen atoms in total. The molecule has 83 heavy (non-hydrogen) atoms. The Bertz CT molecular complexity index is 1640. The Labute approximate surface area is 495 Å². The average molecular weight is 1220 g/mol. The summed E-state index contributed by atoms with van der Waals surface area (Å²) in [5.41, 5.74) is 10.8. The predicted molar refractivity (Wildman–Crippen MR) is 313 cm³/mol. The zero-order valence-corrected chi connectivity index (χ0v) is 45.4. The van der Waals surface area contributed by atoms with Gasteiger partial charge in [0.15, 0.2) is 24.7 Å². The van der Waals surface area contributed by atoms with Crippen LogP contribution in [-0.2, 0) is 42.8 Å². The van der Waals surface area contributed by atoms with E-state index in [9.17, 15) is 80.8 Å². The Morgan fingerprint density at radius 2 is 0.807 bits per heavy atom. The molecule has 4 aliphatic heterocycles. The van der Waals surface area contributed by atoms with Gasteiger partial charge in [-0.1, -0.05) is 71.2 Å². The number of likely N-dealkylation sites (N-methyl/N-ethyl adjacent to an activating group) is 2. The normalized spacial score (nSPS) is 33.9. The highest BCUT2D eigenvalue weighted by Gasteiger charge is 2.48. The molecule has 502 valence electrons. The van der Waals surface area contributed by atoms with Gasteiger partial charge >= 0.3 is 0 Å². The molecule has 4 heterocycles. The molecule has 0 aliphatic carbocycles. The minimum Gasteiger partial charge on any atom is -0.388 e. The summed E-state index contributed by atoms with van der Waals surface area (Å²) in [5.74, 6) is -0.110. The molecule has 0 aromatic carbocycles. The number of ketones is 2. The number of nitrogens with one attached hydrogen (secondary N) is 4. The lowest BCUT2D eigenvalue weighted by Crippen LogP contribution is -2.62. The van der Waals surface area contributed by atoms with Crippen molar-refractivity contribution in [1.82, 2.24) is 21.3 Å². The van der Waals surface area contributed by atoms with Gasteiger partial charge in [0.05, 0.1) is 49.7 Å². The lowest BCUT2D eigenvalue weighted by atomic mass is 9.95. The summed E-state index contributed by atoms with van der Waals surface area (Å²) in [6, 6.07) is -0.961. The summed E-state index contributed by atoms with van der Waals surface area (Å²) in [6.07, 6.45) is -18.9. The van der Waals surface area contributed by atoms with E-state index in [0.29, 0.717) is 58.2 Å². The van der Waals surface area contributed by atoms with Crippen LogP contribution in [0.25, 0.3) is 0 Å². The monoisotopic (exact) mass is 1220 g/mol. The van der Waals surface area contributed by atoms with Crippen LogP contribution < -0.4 is 32.7 Å². The number of aliphatic hydroxyl groups excluding tert-OH is 13. The molecule has 0 radical (unpaired) electrons. The van der Waals surface area contributed by atoms with Crippen molar-refractivity contribution in [2.75, 3.05) is 53.5 Å². The zero-order valence-electron chi connectivity index (χ0n) is 45.4. The van der Waals surface area contributed by atoms with Crippen molar-refractivity contribution in [3.63, 3.8) is 0 Å². The molecular formula is C55H120N6O22. The maximum absolute atomic E-state index is 12.7. The molecule has 4 saturated heterocycles. The van der Waals surface area contributed by atoms with E-state index in [-0.39, 0.29) is 87.8 Å². The number of rotatable bonds is 29. The van der Waals surface area contributed by atoms with Gasteiger partial charge in [-0.05, 0) is 105 Å². The maximum Gasteiger partial charge on any atom is 0.237 e. The third kappa shape index (κ3) is 28.3. The Morgan fingerprint density at radius 3 is 1.22 bits per heavy atom. The van der Waals surface area contributed by atoms with Gasteiger partial charge in [0.1, 0.15) is 91.2 Å². The Kier molecular flexibility index (Phi) is 50.7. The van der Waals surface area contributed by atoms with Crippen LogP contribution in [0, 0.1) is 0 Å². The number of carbonyl (C=O) groups excluding carboxylic acids is 3. The highest BCUT2D eigenvalue weighted by molar-refractivity contribution is 5.89. The van der Waals surface area contributed by atoms with Crippen LogP contribution in [0.5, 0.6) is 0 Å². The maximum atomic E-state index is 12.7. The summed E-state index contributed by atoms with van der Waals surface area (Å²) in [4.78, 5) is 35.5. The largest absolute Gasteiger partial charge is 0.388 e. The van der Waals surface area contributed by atoms with Crippen LogP contribution in [0.2, 0.25) is 0 Å². The van der Waals surface area contributed by atoms with Gasteiger partial charge in [0, 0.05) is 6.54 Å². The predicted octanol–water partition coefficient (Wildman–Crippen LogP) is -3.25. The van der Waals surface area contributed by atoms with Gasteiger partial charge in [-0.2, -0.15) is 0 Å². The van der Waals surface area contributed by atoms with Crippen LogP contribution in [0.3, 0.4) is 0 Å². The number of hydrogen-bond acceptors (Lipinski definition) is 27. The number of unbranched alkanes of at least 4 members (excludes halogenated alkanes) is 3. The van der Waals surface area contributed by atoms with Crippen molar-refractivity contribution >= 4 is 17.5 Å². The fraction of sp³-hybridized carbons (Fsp3) is 0.945. The molecular weight excluding hydrogens is 1100 g/mol. The smallest absolute Gasteiger partial charge is 0.237 e. The molecule has 4 fully saturated rings. The number of amides is 1. The molecule has 0 saturated carbocycles. The number of Topliss-reactive ketones (excluding diaryl/α,β-unsaturated/α-hetero) is 2. The van der Waals surface area contributed by atoms with Gasteiger partial charge in [-0.25, -0.2) is 0 Å². The summed E-state index contributed by atoms with van der Waals surface area (Å²) in [5, 5.41) is 141. The summed E-state index contributed by atoms with van der Waals surface area (Å²) in [6.45, 7) is 7.78. The van der Waals surface area contributed by atoms with Crippen molar-refractivity contribution in [2.45, 2.75) is 284 Å². The first-order valence-corrected chi connectivity index (χ1v) is 26.9. The summed E-state index contributed by atoms with van der Waals surface area (Å²) < 4.78 is 32.4. The third-order valence-electron chi connectivity index (χ3n) is 14.1. The molecule has 0 aromatic rings. The first-order chi connectivity index (χ1) is 36.4. The highest BCUT2D eigenvalue weighted by atomic mass is 16.7. The number of ether oxygens (including phenoxy) is 6. The molecule has 1 amide bonds. The fourth-order valence-electron chi connectivity index (χ4n) is 9.00. The van der Waals surface area contributed by atoms with E-state index in [1.54, 1.807) is 27.8 Å². The van der Waals surface area contributed by atoms with E-state index < -0.39 is 135 Å². The van der Waals surface area contributed by atoms with Crippen molar-refractivity contribution in [3.05, 3.63) is 0 Å². The van der Waals surface area contributed by atoms with Crippen molar-refractivity contribution in [3.8, 4) is 0 Å². The Hall–Kier alpha value is -2.15.